The number of piperidine rings is 1. The van der Waals surface area contributed by atoms with Crippen molar-refractivity contribution in [3.8, 4) is 0 Å². The van der Waals surface area contributed by atoms with Gasteiger partial charge in [0, 0.05) is 37.3 Å². The standard InChI is InChI=1S/C28H34FN3O3/c1-19-16-24(29)4-2-5-25(30-35-19)20-9-13-31(14-10-20)12-3-6-26(33)23-17-21-7-8-27(34)32-15-11-22(18-23)28(21)32/h2,4,16-20H,3,5-15H2,1H3/b4-2-,24-16+,30-25+. The molecule has 6 nitrogen and oxygen atoms in total. The molecule has 0 spiro atoms. The lowest BCUT2D eigenvalue weighted by Gasteiger charge is -2.32. The van der Waals surface area contributed by atoms with Gasteiger partial charge in [-0.25, -0.2) is 4.39 Å². The van der Waals surface area contributed by atoms with Crippen molar-refractivity contribution in [1.29, 1.82) is 0 Å². The highest BCUT2D eigenvalue weighted by atomic mass is 19.1. The number of hydrogen-bond acceptors (Lipinski definition) is 5. The number of halogens is 1. The second-order valence-corrected chi connectivity index (χ2v) is 10.1. The first kappa shape index (κ1) is 23.9. The molecule has 35 heavy (non-hydrogen) atoms. The molecule has 1 saturated heterocycles. The van der Waals surface area contributed by atoms with Gasteiger partial charge in [0.1, 0.15) is 11.9 Å². The highest BCUT2D eigenvalue weighted by molar-refractivity contribution is 6.02. The summed E-state index contributed by atoms with van der Waals surface area (Å²) in [7, 11) is 0. The lowest BCUT2D eigenvalue weighted by molar-refractivity contribution is -0.118. The molecule has 0 N–H and O–H groups in total. The van der Waals surface area contributed by atoms with Gasteiger partial charge in [-0.05, 0) is 94.1 Å². The summed E-state index contributed by atoms with van der Waals surface area (Å²) in [5.74, 6) is 0.476. The zero-order valence-corrected chi connectivity index (χ0v) is 20.5. The van der Waals surface area contributed by atoms with Crippen LogP contribution in [0.15, 0.2) is 41.3 Å². The first-order chi connectivity index (χ1) is 17.0. The Hall–Kier alpha value is -2.80. The maximum atomic E-state index is 13.7. The minimum atomic E-state index is -0.378. The zero-order valence-electron chi connectivity index (χ0n) is 20.5. The van der Waals surface area contributed by atoms with Crippen molar-refractivity contribution in [2.75, 3.05) is 31.1 Å². The maximum Gasteiger partial charge on any atom is 0.227 e. The van der Waals surface area contributed by atoms with Gasteiger partial charge in [-0.15, -0.1) is 0 Å². The van der Waals surface area contributed by atoms with E-state index >= 15 is 0 Å². The number of hydrogen-bond donors (Lipinski definition) is 0. The van der Waals surface area contributed by atoms with Crippen LogP contribution >= 0.6 is 0 Å². The van der Waals surface area contributed by atoms with Crippen molar-refractivity contribution in [2.24, 2.45) is 11.1 Å². The minimum absolute atomic E-state index is 0.202. The molecule has 1 amide bonds. The van der Waals surface area contributed by atoms with Crippen LogP contribution in [0.4, 0.5) is 10.1 Å². The van der Waals surface area contributed by atoms with Gasteiger partial charge < -0.3 is 14.6 Å². The number of benzene rings is 1. The van der Waals surface area contributed by atoms with E-state index in [1.54, 1.807) is 6.92 Å². The molecule has 1 aromatic rings. The van der Waals surface area contributed by atoms with E-state index in [4.69, 9.17) is 4.84 Å². The average molecular weight is 480 g/mol. The molecule has 1 aromatic carbocycles. The van der Waals surface area contributed by atoms with Crippen LogP contribution in [0.1, 0.15) is 66.9 Å². The van der Waals surface area contributed by atoms with E-state index in [9.17, 15) is 14.0 Å². The molecule has 4 heterocycles. The summed E-state index contributed by atoms with van der Waals surface area (Å²) in [6, 6.07) is 4.04. The minimum Gasteiger partial charge on any atom is -0.388 e. The summed E-state index contributed by atoms with van der Waals surface area (Å²) in [5, 5.41) is 4.35. The maximum absolute atomic E-state index is 13.7. The fraction of sp³-hybridized carbons (Fsp3) is 0.536. The Bertz CT molecular complexity index is 1090. The number of likely N-dealkylation sites (tertiary alicyclic amines) is 1. The Morgan fingerprint density at radius 2 is 1.91 bits per heavy atom. The molecule has 5 rings (SSSR count). The summed E-state index contributed by atoms with van der Waals surface area (Å²) in [6.07, 6.45) is 10.5. The van der Waals surface area contributed by atoms with Crippen molar-refractivity contribution in [3.05, 3.63) is 52.9 Å². The second kappa shape index (κ2) is 10.4. The summed E-state index contributed by atoms with van der Waals surface area (Å²) in [5.41, 5.74) is 5.18. The van der Waals surface area contributed by atoms with E-state index in [0.29, 0.717) is 25.2 Å². The molecule has 0 bridgehead atoms. The smallest absolute Gasteiger partial charge is 0.227 e. The SMILES string of the molecule is CC1/C=C(F)\C=C/C/C(C2CCN(CCCC(=O)c3cc4c5c(c3)CCN5C(=O)CC4)CC2)=N\O1. The number of carbonyl (C=O) groups excluding carboxylic acids is 2. The Balaban J connectivity index is 1.10. The van der Waals surface area contributed by atoms with Crippen LogP contribution in [0.3, 0.4) is 0 Å². The van der Waals surface area contributed by atoms with Crippen molar-refractivity contribution in [1.82, 2.24) is 4.90 Å². The van der Waals surface area contributed by atoms with Crippen LogP contribution in [0.5, 0.6) is 0 Å². The predicted octanol–water partition coefficient (Wildman–Crippen LogP) is 4.77. The fourth-order valence-corrected chi connectivity index (χ4v) is 5.75. The Morgan fingerprint density at radius 3 is 2.71 bits per heavy atom. The average Bonchev–Trinajstić information content (AvgIpc) is 3.31. The largest absolute Gasteiger partial charge is 0.388 e. The number of nitrogens with zero attached hydrogens (tertiary/aromatic N) is 3. The fourth-order valence-electron chi connectivity index (χ4n) is 5.75. The van der Waals surface area contributed by atoms with E-state index in [0.717, 1.165) is 86.4 Å². The van der Waals surface area contributed by atoms with Crippen molar-refractivity contribution in [2.45, 2.75) is 64.4 Å². The third-order valence-electron chi connectivity index (χ3n) is 7.64. The number of carbonyl (C=O) groups is 2. The summed E-state index contributed by atoms with van der Waals surface area (Å²) in [4.78, 5) is 34.9. The number of amides is 1. The van der Waals surface area contributed by atoms with Gasteiger partial charge in [0.2, 0.25) is 5.91 Å². The van der Waals surface area contributed by atoms with Gasteiger partial charge in [0.15, 0.2) is 5.78 Å². The molecular formula is C28H34FN3O3. The van der Waals surface area contributed by atoms with Crippen LogP contribution in [-0.4, -0.2) is 54.6 Å². The molecule has 1 unspecified atom stereocenters. The summed E-state index contributed by atoms with van der Waals surface area (Å²) in [6.45, 7) is 5.38. The topological polar surface area (TPSA) is 62.2 Å². The normalized spacial score (nSPS) is 27.0. The van der Waals surface area contributed by atoms with Crippen LogP contribution in [0.25, 0.3) is 0 Å². The highest BCUT2D eigenvalue weighted by Gasteiger charge is 2.32. The number of aryl methyl sites for hydroxylation is 1. The van der Waals surface area contributed by atoms with Gasteiger partial charge >= 0.3 is 0 Å². The predicted molar refractivity (Wildman–Crippen MR) is 134 cm³/mol. The second-order valence-electron chi connectivity index (χ2n) is 10.1. The first-order valence-electron chi connectivity index (χ1n) is 13.0. The van der Waals surface area contributed by atoms with Crippen LogP contribution in [-0.2, 0) is 22.5 Å². The number of rotatable bonds is 6. The van der Waals surface area contributed by atoms with Gasteiger partial charge in [-0.1, -0.05) is 11.2 Å². The summed E-state index contributed by atoms with van der Waals surface area (Å²) >= 11 is 0. The molecule has 0 aliphatic carbocycles. The molecule has 7 heteroatoms. The molecular weight excluding hydrogens is 445 g/mol. The van der Waals surface area contributed by atoms with Crippen molar-refractivity contribution in [3.63, 3.8) is 0 Å². The van der Waals surface area contributed by atoms with Crippen molar-refractivity contribution >= 4 is 23.1 Å². The van der Waals surface area contributed by atoms with E-state index in [2.05, 4.69) is 10.1 Å². The number of ketones is 1. The van der Waals surface area contributed by atoms with Gasteiger partial charge in [-0.3, -0.25) is 9.59 Å². The molecule has 0 radical (unpaired) electrons. The van der Waals surface area contributed by atoms with Crippen LogP contribution in [0, 0.1) is 5.92 Å². The number of allylic oxidation sites excluding steroid dienone is 3. The van der Waals surface area contributed by atoms with Gasteiger partial charge in [0.05, 0.1) is 11.4 Å². The lowest BCUT2D eigenvalue weighted by atomic mass is 9.90. The van der Waals surface area contributed by atoms with E-state index in [1.807, 2.05) is 23.1 Å². The molecule has 4 aliphatic heterocycles. The van der Waals surface area contributed by atoms with Crippen LogP contribution in [0.2, 0.25) is 0 Å². The molecule has 0 saturated carbocycles. The summed E-state index contributed by atoms with van der Waals surface area (Å²) < 4.78 is 13.7. The van der Waals surface area contributed by atoms with Crippen molar-refractivity contribution < 1.29 is 18.8 Å². The number of anilines is 1. The molecule has 4 aliphatic rings. The van der Waals surface area contributed by atoms with Crippen LogP contribution < -0.4 is 4.90 Å². The first-order valence-corrected chi connectivity index (χ1v) is 13.0. The molecule has 1 fully saturated rings. The quantitative estimate of drug-likeness (QED) is 0.552. The number of oxime groups is 1. The van der Waals surface area contributed by atoms with E-state index in [-0.39, 0.29) is 23.6 Å². The Labute approximate surface area is 206 Å². The zero-order chi connectivity index (χ0) is 24.4. The van der Waals surface area contributed by atoms with E-state index in [1.165, 1.54) is 12.2 Å². The Morgan fingerprint density at radius 1 is 1.14 bits per heavy atom. The molecule has 0 aromatic heterocycles. The third-order valence-corrected chi connectivity index (χ3v) is 7.64. The van der Waals surface area contributed by atoms with Gasteiger partial charge in [0.25, 0.3) is 0 Å². The number of Topliss-reactive ketones (excluding diaryl/α,β-unsaturated/α-hetero) is 1. The third kappa shape index (κ3) is 5.40. The highest BCUT2D eigenvalue weighted by Crippen LogP contribution is 2.37. The van der Waals surface area contributed by atoms with E-state index < -0.39 is 0 Å². The van der Waals surface area contributed by atoms with Gasteiger partial charge in [-0.2, -0.15) is 0 Å². The Kier molecular flexibility index (Phi) is 7.14. The lowest BCUT2D eigenvalue weighted by Crippen LogP contribution is -2.37. The monoisotopic (exact) mass is 479 g/mol. The molecule has 186 valence electrons. The molecule has 1 atom stereocenters.